The first-order chi connectivity index (χ1) is 19.1. The summed E-state index contributed by atoms with van der Waals surface area (Å²) < 4.78 is 11.6. The molecule has 0 radical (unpaired) electrons. The molecule has 2 aromatic carbocycles. The molecule has 4 rings (SSSR count). The third kappa shape index (κ3) is 8.15. The first kappa shape index (κ1) is 29.8. The minimum Gasteiger partial charge on any atom is -0.385 e. The summed E-state index contributed by atoms with van der Waals surface area (Å²) in [5.74, 6) is 0.932. The Bertz CT molecular complexity index is 1050. The average Bonchev–Trinajstić information content (AvgIpc) is 2.98. The van der Waals surface area contributed by atoms with Gasteiger partial charge in [-0.05, 0) is 50.1 Å². The molecule has 1 aliphatic heterocycles. The molecule has 2 N–H and O–H groups in total. The lowest BCUT2D eigenvalue weighted by molar-refractivity contribution is -0.00235. The molecular weight excluding hydrogens is 490 g/mol. The van der Waals surface area contributed by atoms with Crippen LogP contribution in [0.25, 0.3) is 0 Å². The molecule has 0 spiro atoms. The molecule has 0 amide bonds. The van der Waals surface area contributed by atoms with E-state index in [4.69, 9.17) is 9.47 Å². The van der Waals surface area contributed by atoms with Crippen LogP contribution in [0.5, 0.6) is 0 Å². The number of hydrogen-bond donors (Lipinski definition) is 2. The summed E-state index contributed by atoms with van der Waals surface area (Å²) in [5, 5.41) is 7.12. The molecule has 1 saturated heterocycles. The fraction of sp³-hybridized carbons (Fsp3) is 0.688. The average molecular weight is 540 g/mol. The summed E-state index contributed by atoms with van der Waals surface area (Å²) >= 11 is 0. The Labute approximate surface area is 234 Å². The first-order valence-corrected chi connectivity index (χ1v) is 15.3. The Morgan fingerprint density at radius 3 is 2.54 bits per heavy atom. The highest BCUT2D eigenvalue weighted by molar-refractivity contribution is 5.75. The Balaban J connectivity index is 1.47. The standard InChI is InChI=1S/C32H49N3O4/c1-3-17-33-22-27(21-24-12-6-4-7-13-24)34-28-29(31(37)30(28)36)35-18-10-16-26(23-35)32(39-20-11-19-38-2)25-14-8-5-9-15-25/h5,8-9,14-15,24,26-27,32-34H,3-4,6-7,10-13,16-23H2,1-2H3. The molecule has 2 fully saturated rings. The molecular formula is C32H49N3O4. The van der Waals surface area contributed by atoms with E-state index in [1.807, 2.05) is 6.07 Å². The summed E-state index contributed by atoms with van der Waals surface area (Å²) in [6, 6.07) is 10.5. The third-order valence-electron chi connectivity index (χ3n) is 8.51. The van der Waals surface area contributed by atoms with E-state index in [2.05, 4.69) is 46.7 Å². The lowest BCUT2D eigenvalue weighted by Crippen LogP contribution is -2.49. The van der Waals surface area contributed by atoms with Crippen molar-refractivity contribution in [3.8, 4) is 0 Å². The van der Waals surface area contributed by atoms with Gasteiger partial charge in [-0.3, -0.25) is 9.59 Å². The number of hydrogen-bond acceptors (Lipinski definition) is 7. The van der Waals surface area contributed by atoms with Crippen LogP contribution in [0.15, 0.2) is 39.9 Å². The summed E-state index contributed by atoms with van der Waals surface area (Å²) in [4.78, 5) is 28.0. The van der Waals surface area contributed by atoms with Crippen molar-refractivity contribution in [3.63, 3.8) is 0 Å². The van der Waals surface area contributed by atoms with E-state index in [0.29, 0.717) is 37.1 Å². The van der Waals surface area contributed by atoms with Gasteiger partial charge in [0.15, 0.2) is 0 Å². The minimum absolute atomic E-state index is 0.0500. The van der Waals surface area contributed by atoms with Gasteiger partial charge in [0.1, 0.15) is 11.4 Å². The number of nitrogens with one attached hydrogen (secondary N) is 2. The molecule has 3 unspecified atom stereocenters. The maximum atomic E-state index is 12.9. The molecule has 2 aromatic rings. The maximum Gasteiger partial charge on any atom is 0.253 e. The van der Waals surface area contributed by atoms with Gasteiger partial charge in [-0.15, -0.1) is 0 Å². The Morgan fingerprint density at radius 2 is 1.79 bits per heavy atom. The van der Waals surface area contributed by atoms with Crippen molar-refractivity contribution in [2.45, 2.75) is 83.3 Å². The van der Waals surface area contributed by atoms with E-state index in [1.165, 1.54) is 37.7 Å². The number of ether oxygens (including phenoxy) is 2. The van der Waals surface area contributed by atoms with E-state index in [9.17, 15) is 9.59 Å². The number of benzene rings is 1. The van der Waals surface area contributed by atoms with Gasteiger partial charge in [-0.2, -0.15) is 0 Å². The second kappa shape index (κ2) is 15.5. The zero-order valence-electron chi connectivity index (χ0n) is 24.1. The van der Waals surface area contributed by atoms with Gasteiger partial charge < -0.3 is 25.0 Å². The molecule has 1 aliphatic carbocycles. The molecule has 0 aromatic heterocycles. The number of piperidine rings is 1. The smallest absolute Gasteiger partial charge is 0.253 e. The van der Waals surface area contributed by atoms with Crippen LogP contribution in [0, 0.1) is 11.8 Å². The Morgan fingerprint density at radius 1 is 1.00 bits per heavy atom. The predicted octanol–water partition coefficient (Wildman–Crippen LogP) is 5.04. The Kier molecular flexibility index (Phi) is 11.9. The highest BCUT2D eigenvalue weighted by Gasteiger charge is 2.34. The highest BCUT2D eigenvalue weighted by atomic mass is 16.5. The van der Waals surface area contributed by atoms with Crippen molar-refractivity contribution >= 4 is 11.4 Å². The van der Waals surface area contributed by atoms with E-state index in [0.717, 1.165) is 51.7 Å². The fourth-order valence-electron chi connectivity index (χ4n) is 6.51. The molecule has 7 nitrogen and oxygen atoms in total. The molecule has 39 heavy (non-hydrogen) atoms. The van der Waals surface area contributed by atoms with Crippen LogP contribution in [0.3, 0.4) is 0 Å². The zero-order valence-corrected chi connectivity index (χ0v) is 24.1. The largest absolute Gasteiger partial charge is 0.385 e. The molecule has 7 heteroatoms. The topological polar surface area (TPSA) is 79.9 Å². The van der Waals surface area contributed by atoms with Crippen LogP contribution >= 0.6 is 0 Å². The van der Waals surface area contributed by atoms with Gasteiger partial charge in [0, 0.05) is 51.9 Å². The number of rotatable bonds is 16. The third-order valence-corrected chi connectivity index (χ3v) is 8.51. The molecule has 0 bridgehead atoms. The Hall–Kier alpha value is -2.22. The molecule has 3 atom stereocenters. The van der Waals surface area contributed by atoms with E-state index in [-0.39, 0.29) is 28.9 Å². The lowest BCUT2D eigenvalue weighted by atomic mass is 9.84. The van der Waals surface area contributed by atoms with Crippen molar-refractivity contribution in [1.29, 1.82) is 0 Å². The van der Waals surface area contributed by atoms with Gasteiger partial charge >= 0.3 is 0 Å². The van der Waals surface area contributed by atoms with Crippen LogP contribution < -0.4 is 26.4 Å². The maximum absolute atomic E-state index is 12.9. The van der Waals surface area contributed by atoms with Crippen LogP contribution in [0.1, 0.15) is 82.8 Å². The first-order valence-electron chi connectivity index (χ1n) is 15.3. The van der Waals surface area contributed by atoms with Crippen molar-refractivity contribution in [2.75, 3.05) is 56.7 Å². The van der Waals surface area contributed by atoms with E-state index < -0.39 is 0 Å². The second-order valence-electron chi connectivity index (χ2n) is 11.6. The number of anilines is 2. The van der Waals surface area contributed by atoms with E-state index in [1.54, 1.807) is 7.11 Å². The summed E-state index contributed by atoms with van der Waals surface area (Å²) in [6.07, 6.45) is 11.4. The lowest BCUT2D eigenvalue weighted by Gasteiger charge is -2.39. The van der Waals surface area contributed by atoms with Crippen LogP contribution in [0.4, 0.5) is 11.4 Å². The van der Waals surface area contributed by atoms with Crippen molar-refractivity contribution in [1.82, 2.24) is 5.32 Å². The van der Waals surface area contributed by atoms with Crippen molar-refractivity contribution in [3.05, 3.63) is 56.3 Å². The molecule has 1 saturated carbocycles. The summed E-state index contributed by atoms with van der Waals surface area (Å²) in [6.45, 7) is 6.75. The molecule has 1 heterocycles. The fourth-order valence-corrected chi connectivity index (χ4v) is 6.51. The summed E-state index contributed by atoms with van der Waals surface area (Å²) in [7, 11) is 1.71. The highest BCUT2D eigenvalue weighted by Crippen LogP contribution is 2.36. The van der Waals surface area contributed by atoms with Gasteiger partial charge in [-0.1, -0.05) is 69.4 Å². The SMILES string of the molecule is CCCNCC(CC1CCCCC1)Nc1c(N2CCCC(C(OCCCOC)c3ccccc3)C2)c(=O)c1=O. The van der Waals surface area contributed by atoms with Crippen LogP contribution in [-0.4, -0.2) is 52.5 Å². The van der Waals surface area contributed by atoms with Gasteiger partial charge in [-0.25, -0.2) is 0 Å². The molecule has 216 valence electrons. The van der Waals surface area contributed by atoms with Crippen LogP contribution in [-0.2, 0) is 9.47 Å². The predicted molar refractivity (Wildman–Crippen MR) is 160 cm³/mol. The quantitative estimate of drug-likeness (QED) is 0.228. The van der Waals surface area contributed by atoms with Gasteiger partial charge in [0.25, 0.3) is 10.9 Å². The van der Waals surface area contributed by atoms with Crippen molar-refractivity contribution in [2.24, 2.45) is 11.8 Å². The van der Waals surface area contributed by atoms with Gasteiger partial charge in [0.05, 0.1) is 6.10 Å². The van der Waals surface area contributed by atoms with E-state index >= 15 is 0 Å². The van der Waals surface area contributed by atoms with Gasteiger partial charge in [0.2, 0.25) is 0 Å². The zero-order chi connectivity index (χ0) is 27.5. The van der Waals surface area contributed by atoms with Crippen LogP contribution in [0.2, 0.25) is 0 Å². The number of nitrogens with zero attached hydrogens (tertiary/aromatic N) is 1. The van der Waals surface area contributed by atoms with Crippen molar-refractivity contribution < 1.29 is 9.47 Å². The molecule has 2 aliphatic rings. The minimum atomic E-state index is -0.355. The monoisotopic (exact) mass is 539 g/mol. The number of methoxy groups -OCH3 is 1. The normalized spacial score (nSPS) is 20.3. The second-order valence-corrected chi connectivity index (χ2v) is 11.6. The summed E-state index contributed by atoms with van der Waals surface area (Å²) in [5.41, 5.74) is 1.61.